The number of quaternary nitrogens is 1. The van der Waals surface area contributed by atoms with Crippen LogP contribution in [0.1, 0.15) is 26.7 Å². The Morgan fingerprint density at radius 1 is 1.47 bits per heavy atom. The lowest BCUT2D eigenvalue weighted by Gasteiger charge is -2.28. The van der Waals surface area contributed by atoms with Crippen molar-refractivity contribution in [3.05, 3.63) is 12.5 Å². The first-order chi connectivity index (χ1) is 7.46. The monoisotopic (exact) mass is 269 g/mol. The minimum absolute atomic E-state index is 0.135. The van der Waals surface area contributed by atoms with E-state index in [0.29, 0.717) is 4.48 Å². The normalized spacial score (nSPS) is 16.2. The summed E-state index contributed by atoms with van der Waals surface area (Å²) in [4.78, 5) is 0. The molecule has 2 atom stereocenters. The molecule has 0 radical (unpaired) electrons. The molecule has 0 aromatic heterocycles. The van der Waals surface area contributed by atoms with Crippen molar-refractivity contribution >= 4 is 11.6 Å². The molecule has 0 aliphatic heterocycles. The molecule has 0 rings (SSSR count). The first-order valence-electron chi connectivity index (χ1n) is 5.41. The van der Waals surface area contributed by atoms with Gasteiger partial charge in [0.25, 0.3) is 0 Å². The van der Waals surface area contributed by atoms with Gasteiger partial charge in [-0.15, -0.1) is 0 Å². The summed E-state index contributed by atoms with van der Waals surface area (Å²) in [7, 11) is 5.94. The van der Waals surface area contributed by atoms with Crippen molar-refractivity contribution in [3.63, 3.8) is 0 Å². The molecule has 17 heavy (non-hydrogen) atoms. The zero-order valence-corrected chi connectivity index (χ0v) is 12.0. The molecule has 0 bridgehead atoms. The number of aliphatic hydroxyl groups is 2. The SMILES string of the molecule is C=C([O-])OC(O)(Cl)CC.CCC(O)[N+](C)(C)C. The van der Waals surface area contributed by atoms with Crippen molar-refractivity contribution in [2.75, 3.05) is 21.1 Å². The molecular weight excluding hydrogens is 246 g/mol. The van der Waals surface area contributed by atoms with E-state index >= 15 is 0 Å². The highest BCUT2D eigenvalue weighted by Crippen LogP contribution is 2.17. The topological polar surface area (TPSA) is 72.8 Å². The molecule has 6 heteroatoms. The van der Waals surface area contributed by atoms with Crippen LogP contribution in [0.2, 0.25) is 0 Å². The maximum atomic E-state index is 10.0. The van der Waals surface area contributed by atoms with Gasteiger partial charge in [-0.2, -0.15) is 0 Å². The van der Waals surface area contributed by atoms with Gasteiger partial charge in [0.1, 0.15) is 0 Å². The van der Waals surface area contributed by atoms with Crippen LogP contribution in [0, 0.1) is 0 Å². The third-order valence-corrected chi connectivity index (χ3v) is 2.31. The molecule has 0 fully saturated rings. The number of hydrogen-bond acceptors (Lipinski definition) is 4. The maximum Gasteiger partial charge on any atom is 0.194 e. The molecular formula is C11H24ClNO4. The Morgan fingerprint density at radius 3 is 1.94 bits per heavy atom. The molecule has 104 valence electrons. The Morgan fingerprint density at radius 2 is 1.88 bits per heavy atom. The second kappa shape index (κ2) is 7.76. The summed E-state index contributed by atoms with van der Waals surface area (Å²) in [6.45, 7) is 6.43. The van der Waals surface area contributed by atoms with Gasteiger partial charge in [-0.1, -0.05) is 32.0 Å². The van der Waals surface area contributed by atoms with Crippen LogP contribution < -0.4 is 5.11 Å². The molecule has 2 unspecified atom stereocenters. The van der Waals surface area contributed by atoms with Gasteiger partial charge in [-0.3, -0.25) is 0 Å². The van der Waals surface area contributed by atoms with Crippen molar-refractivity contribution in [3.8, 4) is 0 Å². The summed E-state index contributed by atoms with van der Waals surface area (Å²) in [6, 6.07) is 0. The van der Waals surface area contributed by atoms with E-state index < -0.39 is 11.2 Å². The van der Waals surface area contributed by atoms with Gasteiger partial charge in [0, 0.05) is 12.4 Å². The third kappa shape index (κ3) is 11.8. The predicted octanol–water partition coefficient (Wildman–Crippen LogP) is 0.550. The van der Waals surface area contributed by atoms with E-state index in [-0.39, 0.29) is 12.6 Å². The Balaban J connectivity index is 0. The number of rotatable bonds is 5. The van der Waals surface area contributed by atoms with E-state index in [1.807, 2.05) is 28.1 Å². The average Bonchev–Trinajstić information content (AvgIpc) is 2.14. The molecule has 0 saturated heterocycles. The van der Waals surface area contributed by atoms with Gasteiger partial charge < -0.3 is 24.5 Å². The zero-order chi connectivity index (χ0) is 14.3. The molecule has 5 nitrogen and oxygen atoms in total. The van der Waals surface area contributed by atoms with Crippen molar-refractivity contribution in [2.45, 2.75) is 38.2 Å². The second-order valence-corrected chi connectivity index (χ2v) is 5.11. The molecule has 0 heterocycles. The number of alkyl halides is 1. The molecule has 0 aliphatic carbocycles. The van der Waals surface area contributed by atoms with E-state index in [2.05, 4.69) is 11.3 Å². The third-order valence-electron chi connectivity index (χ3n) is 1.97. The van der Waals surface area contributed by atoms with Crippen LogP contribution in [0.15, 0.2) is 12.5 Å². The van der Waals surface area contributed by atoms with Crippen LogP contribution in [-0.2, 0) is 4.74 Å². The molecule has 0 aliphatic rings. The number of halogens is 1. The predicted molar refractivity (Wildman–Crippen MR) is 65.6 cm³/mol. The smallest absolute Gasteiger partial charge is 0.194 e. The minimum Gasteiger partial charge on any atom is -0.573 e. The number of ether oxygens (including phenoxy) is 1. The summed E-state index contributed by atoms with van der Waals surface area (Å²) in [5.41, 5.74) is 0. The Bertz CT molecular complexity index is 226. The number of hydrogen-bond donors (Lipinski definition) is 2. The summed E-state index contributed by atoms with van der Waals surface area (Å²) in [6.07, 6.45) is 0.745. The first-order valence-corrected chi connectivity index (χ1v) is 5.79. The van der Waals surface area contributed by atoms with E-state index in [9.17, 15) is 5.11 Å². The average molecular weight is 270 g/mol. The Labute approximate surface area is 108 Å². The van der Waals surface area contributed by atoms with Crippen LogP contribution in [0.5, 0.6) is 0 Å². The van der Waals surface area contributed by atoms with Gasteiger partial charge in [-0.25, -0.2) is 0 Å². The fourth-order valence-electron chi connectivity index (χ4n) is 0.794. The van der Waals surface area contributed by atoms with Crippen molar-refractivity contribution in [1.29, 1.82) is 0 Å². The summed E-state index contributed by atoms with van der Waals surface area (Å²) >= 11 is 5.19. The van der Waals surface area contributed by atoms with E-state index in [1.165, 1.54) is 0 Å². The van der Waals surface area contributed by atoms with Gasteiger partial charge in [0.15, 0.2) is 11.5 Å². The van der Waals surface area contributed by atoms with E-state index in [0.717, 1.165) is 6.42 Å². The van der Waals surface area contributed by atoms with Crippen molar-refractivity contribution in [2.24, 2.45) is 0 Å². The molecule has 0 spiro atoms. The second-order valence-electron chi connectivity index (χ2n) is 4.52. The standard InChI is InChI=1S/C6H16NO.C5H9ClO3/c1-5-6(8)7(2,3)4;1-3-5(6,8)9-4(2)7/h6,8H,5H2,1-4H3;7-8H,2-3H2,1H3/q+1;/p-1. The number of nitrogens with zero attached hydrogens (tertiary/aromatic N) is 1. The summed E-state index contributed by atoms with van der Waals surface area (Å²) in [5, 5.41) is 26.1. The molecule has 0 saturated carbocycles. The lowest BCUT2D eigenvalue weighted by Crippen LogP contribution is -2.44. The fourth-order valence-corrected chi connectivity index (χ4v) is 0.880. The first kappa shape index (κ1) is 18.9. The summed E-state index contributed by atoms with van der Waals surface area (Å²) < 4.78 is 4.79. The molecule has 0 aromatic rings. The van der Waals surface area contributed by atoms with Crippen molar-refractivity contribution < 1.29 is 24.5 Å². The lowest BCUT2D eigenvalue weighted by molar-refractivity contribution is -0.918. The Hall–Kier alpha value is -0.490. The zero-order valence-electron chi connectivity index (χ0n) is 11.2. The van der Waals surface area contributed by atoms with Gasteiger partial charge in [0.2, 0.25) is 0 Å². The highest BCUT2D eigenvalue weighted by molar-refractivity contribution is 6.21. The van der Waals surface area contributed by atoms with Crippen LogP contribution >= 0.6 is 11.6 Å². The Kier molecular flexibility index (Phi) is 8.61. The lowest BCUT2D eigenvalue weighted by atomic mass is 10.4. The van der Waals surface area contributed by atoms with E-state index in [1.54, 1.807) is 6.92 Å². The van der Waals surface area contributed by atoms with Crippen LogP contribution in [0.3, 0.4) is 0 Å². The van der Waals surface area contributed by atoms with E-state index in [4.69, 9.17) is 21.8 Å². The van der Waals surface area contributed by atoms with Crippen molar-refractivity contribution in [1.82, 2.24) is 0 Å². The molecule has 0 aromatic carbocycles. The van der Waals surface area contributed by atoms with Gasteiger partial charge in [0.05, 0.1) is 21.1 Å². The molecule has 2 N–H and O–H groups in total. The highest BCUT2D eigenvalue weighted by atomic mass is 35.5. The number of aliphatic hydroxyl groups excluding tert-OH is 1. The van der Waals surface area contributed by atoms with Gasteiger partial charge >= 0.3 is 0 Å². The molecule has 0 amide bonds. The van der Waals surface area contributed by atoms with Crippen LogP contribution in [0.4, 0.5) is 0 Å². The fraction of sp³-hybridized carbons (Fsp3) is 0.818. The minimum atomic E-state index is -1.88. The maximum absolute atomic E-state index is 10.0. The largest absolute Gasteiger partial charge is 0.573 e. The van der Waals surface area contributed by atoms with Crippen LogP contribution in [-0.4, -0.2) is 47.3 Å². The quantitative estimate of drug-likeness (QED) is 0.331. The summed E-state index contributed by atoms with van der Waals surface area (Å²) in [5.74, 6) is -0.839. The van der Waals surface area contributed by atoms with Crippen LogP contribution in [0.25, 0.3) is 0 Å². The van der Waals surface area contributed by atoms with Gasteiger partial charge in [-0.05, 0) is 6.42 Å². The highest BCUT2D eigenvalue weighted by Gasteiger charge is 2.16.